The molecule has 0 bridgehead atoms. The van der Waals surface area contributed by atoms with Crippen molar-refractivity contribution in [3.05, 3.63) is 29.8 Å². The molecule has 2 N–H and O–H groups in total. The van der Waals surface area contributed by atoms with Crippen molar-refractivity contribution in [2.45, 2.75) is 32.4 Å². The van der Waals surface area contributed by atoms with Crippen molar-refractivity contribution in [1.29, 1.82) is 0 Å². The number of urea groups is 1. The number of carboxylic acid groups (broad SMARTS) is 1. The molecule has 1 aliphatic rings. The number of carbonyl (C=O) groups excluding carboxylic acids is 1. The monoisotopic (exact) mass is 342 g/mol. The third-order valence-corrected chi connectivity index (χ3v) is 4.04. The molecule has 0 aliphatic carbocycles. The Hall–Kier alpha value is -2.38. The van der Waals surface area contributed by atoms with Crippen LogP contribution in [0.4, 0.5) is 13.6 Å². The first kappa shape index (κ1) is 18.0. The van der Waals surface area contributed by atoms with Gasteiger partial charge in [0.15, 0.2) is 0 Å². The number of nitrogens with one attached hydrogen (secondary N) is 1. The Balaban J connectivity index is 2.07. The van der Waals surface area contributed by atoms with E-state index in [1.165, 1.54) is 11.0 Å². The van der Waals surface area contributed by atoms with Gasteiger partial charge in [0.1, 0.15) is 5.75 Å². The van der Waals surface area contributed by atoms with Crippen molar-refractivity contribution in [3.8, 4) is 5.75 Å². The fourth-order valence-corrected chi connectivity index (χ4v) is 2.76. The van der Waals surface area contributed by atoms with Crippen molar-refractivity contribution in [1.82, 2.24) is 10.2 Å². The molecule has 2 amide bonds. The zero-order valence-corrected chi connectivity index (χ0v) is 13.2. The lowest BCUT2D eigenvalue weighted by Crippen LogP contribution is -2.40. The Morgan fingerprint density at radius 3 is 2.71 bits per heavy atom. The van der Waals surface area contributed by atoms with Crippen molar-refractivity contribution in [2.75, 3.05) is 13.1 Å². The second-order valence-electron chi connectivity index (χ2n) is 5.60. The van der Waals surface area contributed by atoms with Gasteiger partial charge in [-0.3, -0.25) is 4.79 Å². The number of carboxylic acids is 1. The van der Waals surface area contributed by atoms with Gasteiger partial charge >= 0.3 is 18.6 Å². The van der Waals surface area contributed by atoms with E-state index >= 15 is 0 Å². The van der Waals surface area contributed by atoms with Crippen LogP contribution >= 0.6 is 0 Å². The van der Waals surface area contributed by atoms with E-state index in [4.69, 9.17) is 5.11 Å². The van der Waals surface area contributed by atoms with Gasteiger partial charge < -0.3 is 20.1 Å². The molecule has 6 nitrogen and oxygen atoms in total. The number of alkyl halides is 2. The number of nitrogens with zero attached hydrogens (tertiary/aromatic N) is 1. The SMILES string of the molecule is CCC(NC(=O)N1CCC(C(=O)O)C1)c1ccccc1OC(F)F. The summed E-state index contributed by atoms with van der Waals surface area (Å²) < 4.78 is 29.6. The van der Waals surface area contributed by atoms with Crippen LogP contribution in [0.3, 0.4) is 0 Å². The Labute approximate surface area is 138 Å². The largest absolute Gasteiger partial charge is 0.481 e. The van der Waals surface area contributed by atoms with Crippen LogP contribution in [0, 0.1) is 5.92 Å². The maximum atomic E-state index is 12.5. The molecule has 1 fully saturated rings. The maximum Gasteiger partial charge on any atom is 0.387 e. The Morgan fingerprint density at radius 2 is 2.12 bits per heavy atom. The highest BCUT2D eigenvalue weighted by molar-refractivity contribution is 5.77. The maximum absolute atomic E-state index is 12.5. The highest BCUT2D eigenvalue weighted by Crippen LogP contribution is 2.29. The minimum atomic E-state index is -2.95. The zero-order valence-electron chi connectivity index (χ0n) is 13.2. The van der Waals surface area contributed by atoms with E-state index in [0.717, 1.165) is 0 Å². The molecule has 0 saturated carbocycles. The fraction of sp³-hybridized carbons (Fsp3) is 0.500. The number of amides is 2. The molecule has 0 radical (unpaired) electrons. The third-order valence-electron chi connectivity index (χ3n) is 4.04. The summed E-state index contributed by atoms with van der Waals surface area (Å²) in [5.41, 5.74) is 0.461. The van der Waals surface area contributed by atoms with Crippen molar-refractivity contribution >= 4 is 12.0 Å². The van der Waals surface area contributed by atoms with Gasteiger partial charge in [0.2, 0.25) is 0 Å². The topological polar surface area (TPSA) is 78.9 Å². The van der Waals surface area contributed by atoms with Crippen LogP contribution in [0.15, 0.2) is 24.3 Å². The molecule has 0 spiro atoms. The number of aliphatic carboxylic acids is 1. The summed E-state index contributed by atoms with van der Waals surface area (Å²) in [6, 6.07) is 5.39. The minimum absolute atomic E-state index is 0.0180. The molecular formula is C16H20F2N2O4. The average molecular weight is 342 g/mol. The molecule has 24 heavy (non-hydrogen) atoms. The number of benzene rings is 1. The molecule has 8 heteroatoms. The predicted octanol–water partition coefficient (Wildman–Crippen LogP) is 2.86. The summed E-state index contributed by atoms with van der Waals surface area (Å²) in [6.45, 7) is -0.635. The first-order valence-electron chi connectivity index (χ1n) is 7.74. The second-order valence-corrected chi connectivity index (χ2v) is 5.60. The Bertz CT molecular complexity index is 597. The normalized spacial score (nSPS) is 18.5. The van der Waals surface area contributed by atoms with Gasteiger partial charge in [0.25, 0.3) is 0 Å². The lowest BCUT2D eigenvalue weighted by Gasteiger charge is -2.24. The van der Waals surface area contributed by atoms with Gasteiger partial charge in [-0.25, -0.2) is 4.79 Å². The van der Waals surface area contributed by atoms with Gasteiger partial charge in [0, 0.05) is 18.7 Å². The van der Waals surface area contributed by atoms with Crippen molar-refractivity contribution in [2.24, 2.45) is 5.92 Å². The molecule has 1 saturated heterocycles. The number of rotatable bonds is 6. The number of carbonyl (C=O) groups is 2. The van der Waals surface area contributed by atoms with E-state index in [1.54, 1.807) is 18.2 Å². The van der Waals surface area contributed by atoms with Gasteiger partial charge in [-0.05, 0) is 18.9 Å². The molecule has 2 atom stereocenters. The fourth-order valence-electron chi connectivity index (χ4n) is 2.76. The van der Waals surface area contributed by atoms with Gasteiger partial charge in [-0.2, -0.15) is 8.78 Å². The number of ether oxygens (including phenoxy) is 1. The molecule has 132 valence electrons. The second kappa shape index (κ2) is 7.94. The van der Waals surface area contributed by atoms with Crippen LogP contribution < -0.4 is 10.1 Å². The summed E-state index contributed by atoms with van der Waals surface area (Å²) in [5.74, 6) is -1.47. The molecule has 2 rings (SSSR count). The van der Waals surface area contributed by atoms with Crippen LogP contribution in [0.25, 0.3) is 0 Å². The van der Waals surface area contributed by atoms with E-state index < -0.39 is 30.6 Å². The molecule has 1 aliphatic heterocycles. The highest BCUT2D eigenvalue weighted by Gasteiger charge is 2.32. The van der Waals surface area contributed by atoms with Crippen LogP contribution in [0.2, 0.25) is 0 Å². The summed E-state index contributed by atoms with van der Waals surface area (Å²) in [6.07, 6.45) is 0.885. The standard InChI is InChI=1S/C16H20F2N2O4/c1-2-12(11-5-3-4-6-13(11)24-15(17)18)19-16(23)20-8-7-10(9-20)14(21)22/h3-6,10,12,15H,2,7-9H2,1H3,(H,19,23)(H,21,22). The molecule has 2 unspecified atom stereocenters. The van der Waals surface area contributed by atoms with Gasteiger partial charge in [-0.1, -0.05) is 25.1 Å². The lowest BCUT2D eigenvalue weighted by atomic mass is 10.0. The first-order chi connectivity index (χ1) is 11.4. The molecule has 1 heterocycles. The quantitative estimate of drug-likeness (QED) is 0.833. The van der Waals surface area contributed by atoms with Crippen molar-refractivity contribution in [3.63, 3.8) is 0 Å². The predicted molar refractivity (Wildman–Crippen MR) is 82.0 cm³/mol. The van der Waals surface area contributed by atoms with Gasteiger partial charge in [-0.15, -0.1) is 0 Å². The number of hydrogen-bond donors (Lipinski definition) is 2. The molecule has 1 aromatic carbocycles. The number of likely N-dealkylation sites (tertiary alicyclic amines) is 1. The summed E-state index contributed by atoms with van der Waals surface area (Å²) in [5, 5.41) is 11.8. The van der Waals surface area contributed by atoms with Crippen LogP contribution in [0.5, 0.6) is 5.75 Å². The first-order valence-corrected chi connectivity index (χ1v) is 7.74. The van der Waals surface area contributed by atoms with E-state index in [0.29, 0.717) is 24.9 Å². The summed E-state index contributed by atoms with van der Waals surface area (Å²) in [4.78, 5) is 24.7. The van der Waals surface area contributed by atoms with Crippen LogP contribution in [-0.2, 0) is 4.79 Å². The van der Waals surface area contributed by atoms with E-state index in [-0.39, 0.29) is 12.3 Å². The molecular weight excluding hydrogens is 322 g/mol. The molecule has 0 aromatic heterocycles. The Morgan fingerprint density at radius 1 is 1.42 bits per heavy atom. The zero-order chi connectivity index (χ0) is 17.7. The lowest BCUT2D eigenvalue weighted by molar-refractivity contribution is -0.141. The number of para-hydroxylation sites is 1. The number of hydrogen-bond acceptors (Lipinski definition) is 3. The highest BCUT2D eigenvalue weighted by atomic mass is 19.3. The molecule has 1 aromatic rings. The minimum Gasteiger partial charge on any atom is -0.481 e. The van der Waals surface area contributed by atoms with Crippen LogP contribution in [0.1, 0.15) is 31.4 Å². The average Bonchev–Trinajstić information content (AvgIpc) is 3.03. The Kier molecular flexibility index (Phi) is 5.94. The van der Waals surface area contributed by atoms with E-state index in [2.05, 4.69) is 10.1 Å². The van der Waals surface area contributed by atoms with E-state index in [1.807, 2.05) is 6.92 Å². The number of halogens is 2. The van der Waals surface area contributed by atoms with Crippen molar-refractivity contribution < 1.29 is 28.2 Å². The summed E-state index contributed by atoms with van der Waals surface area (Å²) >= 11 is 0. The smallest absolute Gasteiger partial charge is 0.387 e. The summed E-state index contributed by atoms with van der Waals surface area (Å²) in [7, 11) is 0. The van der Waals surface area contributed by atoms with Crippen LogP contribution in [-0.4, -0.2) is 41.7 Å². The third kappa shape index (κ3) is 4.33. The van der Waals surface area contributed by atoms with E-state index in [9.17, 15) is 18.4 Å². The van der Waals surface area contributed by atoms with Gasteiger partial charge in [0.05, 0.1) is 12.0 Å².